The first-order valence-corrected chi connectivity index (χ1v) is 6.39. The Morgan fingerprint density at radius 1 is 1.31 bits per heavy atom. The molecule has 0 aliphatic carbocycles. The zero-order valence-electron chi connectivity index (χ0n) is 8.99. The molecule has 0 bridgehead atoms. The third-order valence-electron chi connectivity index (χ3n) is 2.97. The molecular formula is C12H12O3S. The summed E-state index contributed by atoms with van der Waals surface area (Å²) in [5.74, 6) is 2.66. The van der Waals surface area contributed by atoms with Gasteiger partial charge in [0.2, 0.25) is 6.79 Å². The van der Waals surface area contributed by atoms with Crippen LogP contribution < -0.4 is 9.47 Å². The molecule has 0 amide bonds. The van der Waals surface area contributed by atoms with Gasteiger partial charge in [-0.05, 0) is 36.8 Å². The standard InChI is InChI=1S/C12H12O3S/c1-7-12(13)9-5-11-10(14-6-15-11)4-8(9)2-3-16-7/h4-5,7H,2-3,6H2,1H3. The Morgan fingerprint density at radius 3 is 2.88 bits per heavy atom. The maximum Gasteiger partial charge on any atom is 0.231 e. The fraction of sp³-hybridized carbons (Fsp3) is 0.417. The van der Waals surface area contributed by atoms with Gasteiger partial charge in [-0.25, -0.2) is 0 Å². The molecule has 0 saturated heterocycles. The molecule has 1 unspecified atom stereocenters. The molecule has 0 radical (unpaired) electrons. The number of thioether (sulfide) groups is 1. The zero-order chi connectivity index (χ0) is 11.1. The monoisotopic (exact) mass is 236 g/mol. The van der Waals surface area contributed by atoms with Gasteiger partial charge in [0.15, 0.2) is 17.3 Å². The van der Waals surface area contributed by atoms with Crippen molar-refractivity contribution in [2.75, 3.05) is 12.5 Å². The second-order valence-electron chi connectivity index (χ2n) is 3.99. The van der Waals surface area contributed by atoms with E-state index in [9.17, 15) is 4.79 Å². The number of ketones is 1. The molecule has 0 aromatic heterocycles. The molecule has 0 spiro atoms. The van der Waals surface area contributed by atoms with E-state index in [0.29, 0.717) is 5.75 Å². The molecule has 3 rings (SSSR count). The van der Waals surface area contributed by atoms with Gasteiger partial charge in [-0.15, -0.1) is 0 Å². The van der Waals surface area contributed by atoms with Gasteiger partial charge in [-0.1, -0.05) is 0 Å². The number of carbonyl (C=O) groups excluding carboxylic acids is 1. The first kappa shape index (κ1) is 10.0. The van der Waals surface area contributed by atoms with E-state index in [0.717, 1.165) is 29.1 Å². The third kappa shape index (κ3) is 1.48. The normalized spacial score (nSPS) is 22.8. The van der Waals surface area contributed by atoms with Crippen LogP contribution in [-0.2, 0) is 6.42 Å². The average Bonchev–Trinajstić information content (AvgIpc) is 2.68. The molecule has 4 heteroatoms. The summed E-state index contributed by atoms with van der Waals surface area (Å²) >= 11 is 1.71. The molecule has 0 N–H and O–H groups in total. The maximum absolute atomic E-state index is 12.1. The van der Waals surface area contributed by atoms with Gasteiger partial charge in [0.05, 0.1) is 5.25 Å². The fourth-order valence-corrected chi connectivity index (χ4v) is 3.03. The van der Waals surface area contributed by atoms with E-state index in [1.807, 2.05) is 19.1 Å². The molecular weight excluding hydrogens is 224 g/mol. The summed E-state index contributed by atoms with van der Waals surface area (Å²) in [6.45, 7) is 2.23. The van der Waals surface area contributed by atoms with Crippen LogP contribution in [0.5, 0.6) is 11.5 Å². The molecule has 3 nitrogen and oxygen atoms in total. The second kappa shape index (κ2) is 3.70. The van der Waals surface area contributed by atoms with Crippen molar-refractivity contribution in [3.63, 3.8) is 0 Å². The van der Waals surface area contributed by atoms with E-state index in [2.05, 4.69) is 0 Å². The first-order valence-electron chi connectivity index (χ1n) is 5.34. The molecule has 0 fully saturated rings. The average molecular weight is 236 g/mol. The Labute approximate surface area is 98.1 Å². The van der Waals surface area contributed by atoms with Crippen molar-refractivity contribution in [3.05, 3.63) is 23.3 Å². The van der Waals surface area contributed by atoms with E-state index in [1.54, 1.807) is 11.8 Å². The highest BCUT2D eigenvalue weighted by Gasteiger charge is 2.26. The van der Waals surface area contributed by atoms with Gasteiger partial charge in [0.25, 0.3) is 0 Å². The Morgan fingerprint density at radius 2 is 2.06 bits per heavy atom. The lowest BCUT2D eigenvalue weighted by molar-refractivity contribution is 0.0993. The largest absolute Gasteiger partial charge is 0.454 e. The van der Waals surface area contributed by atoms with Crippen LogP contribution in [0.15, 0.2) is 12.1 Å². The molecule has 0 saturated carbocycles. The van der Waals surface area contributed by atoms with Gasteiger partial charge in [0, 0.05) is 5.56 Å². The number of rotatable bonds is 0. The van der Waals surface area contributed by atoms with Crippen LogP contribution in [0.2, 0.25) is 0 Å². The number of hydrogen-bond acceptors (Lipinski definition) is 4. The summed E-state index contributed by atoms with van der Waals surface area (Å²) in [5, 5.41) is 0.0432. The predicted octanol–water partition coefficient (Wildman–Crippen LogP) is 2.28. The maximum atomic E-state index is 12.1. The molecule has 2 aliphatic heterocycles. The van der Waals surface area contributed by atoms with Crippen molar-refractivity contribution in [2.45, 2.75) is 18.6 Å². The lowest BCUT2D eigenvalue weighted by Crippen LogP contribution is -2.12. The van der Waals surface area contributed by atoms with Crippen molar-refractivity contribution in [3.8, 4) is 11.5 Å². The minimum Gasteiger partial charge on any atom is -0.454 e. The molecule has 2 heterocycles. The van der Waals surface area contributed by atoms with Gasteiger partial charge in [0.1, 0.15) is 0 Å². The SMILES string of the molecule is CC1SCCc2cc3c(cc2C1=O)OCO3. The molecule has 1 aromatic carbocycles. The second-order valence-corrected chi connectivity index (χ2v) is 5.44. The van der Waals surface area contributed by atoms with Gasteiger partial charge in [-0.2, -0.15) is 11.8 Å². The summed E-state index contributed by atoms with van der Waals surface area (Å²) in [7, 11) is 0. The van der Waals surface area contributed by atoms with Crippen LogP contribution in [0.4, 0.5) is 0 Å². The van der Waals surface area contributed by atoms with Gasteiger partial charge in [-0.3, -0.25) is 4.79 Å². The molecule has 1 atom stereocenters. The Balaban J connectivity index is 2.12. The summed E-state index contributed by atoms with van der Waals surface area (Å²) in [5.41, 5.74) is 1.90. The zero-order valence-corrected chi connectivity index (χ0v) is 9.80. The predicted molar refractivity (Wildman–Crippen MR) is 62.5 cm³/mol. The number of benzene rings is 1. The van der Waals surface area contributed by atoms with E-state index in [4.69, 9.17) is 9.47 Å². The first-order chi connectivity index (χ1) is 7.75. The number of fused-ring (bicyclic) bond motifs is 2. The quantitative estimate of drug-likeness (QED) is 0.692. The van der Waals surface area contributed by atoms with Gasteiger partial charge >= 0.3 is 0 Å². The Hall–Kier alpha value is -1.16. The number of aryl methyl sites for hydroxylation is 1. The smallest absolute Gasteiger partial charge is 0.231 e. The highest BCUT2D eigenvalue weighted by atomic mass is 32.2. The van der Waals surface area contributed by atoms with E-state index in [-0.39, 0.29) is 17.8 Å². The van der Waals surface area contributed by atoms with Crippen LogP contribution in [0.1, 0.15) is 22.8 Å². The highest BCUT2D eigenvalue weighted by Crippen LogP contribution is 2.37. The van der Waals surface area contributed by atoms with Crippen LogP contribution in [-0.4, -0.2) is 23.6 Å². The lowest BCUT2D eigenvalue weighted by Gasteiger charge is -2.08. The minimum atomic E-state index is 0.0432. The van der Waals surface area contributed by atoms with Crippen molar-refractivity contribution >= 4 is 17.5 Å². The van der Waals surface area contributed by atoms with Crippen LogP contribution in [0.25, 0.3) is 0 Å². The summed E-state index contributed by atoms with van der Waals surface area (Å²) < 4.78 is 10.6. The van der Waals surface area contributed by atoms with E-state index < -0.39 is 0 Å². The topological polar surface area (TPSA) is 35.5 Å². The Bertz CT molecular complexity index is 456. The van der Waals surface area contributed by atoms with Crippen LogP contribution in [0, 0.1) is 0 Å². The fourth-order valence-electron chi connectivity index (χ4n) is 2.06. The lowest BCUT2D eigenvalue weighted by atomic mass is 9.99. The molecule has 16 heavy (non-hydrogen) atoms. The Kier molecular flexibility index (Phi) is 2.32. The number of hydrogen-bond donors (Lipinski definition) is 0. The summed E-state index contributed by atoms with van der Waals surface area (Å²) in [6, 6.07) is 3.79. The van der Waals surface area contributed by atoms with E-state index >= 15 is 0 Å². The summed E-state index contributed by atoms with van der Waals surface area (Å²) in [6.07, 6.45) is 0.923. The van der Waals surface area contributed by atoms with E-state index in [1.165, 1.54) is 0 Å². The number of ether oxygens (including phenoxy) is 2. The minimum absolute atomic E-state index is 0.0432. The van der Waals surface area contributed by atoms with Crippen LogP contribution >= 0.6 is 11.8 Å². The summed E-state index contributed by atoms with van der Waals surface area (Å²) in [4.78, 5) is 12.1. The molecule has 1 aromatic rings. The third-order valence-corrected chi connectivity index (χ3v) is 4.13. The van der Waals surface area contributed by atoms with Crippen molar-refractivity contribution in [1.82, 2.24) is 0 Å². The number of Topliss-reactive ketones (excluding diaryl/α,β-unsaturated/α-hetero) is 1. The molecule has 84 valence electrons. The number of carbonyl (C=O) groups is 1. The van der Waals surface area contributed by atoms with Crippen molar-refractivity contribution in [2.24, 2.45) is 0 Å². The van der Waals surface area contributed by atoms with Crippen LogP contribution in [0.3, 0.4) is 0 Å². The van der Waals surface area contributed by atoms with Gasteiger partial charge < -0.3 is 9.47 Å². The van der Waals surface area contributed by atoms with Crippen molar-refractivity contribution in [1.29, 1.82) is 0 Å². The molecule has 2 aliphatic rings. The van der Waals surface area contributed by atoms with Crippen molar-refractivity contribution < 1.29 is 14.3 Å². The highest BCUT2D eigenvalue weighted by molar-refractivity contribution is 8.00.